The first-order valence-corrected chi connectivity index (χ1v) is 8.29. The van der Waals surface area contributed by atoms with Gasteiger partial charge in [-0.15, -0.1) is 0 Å². The van der Waals surface area contributed by atoms with Crippen molar-refractivity contribution in [3.63, 3.8) is 0 Å². The lowest BCUT2D eigenvalue weighted by Crippen LogP contribution is -2.55. The van der Waals surface area contributed by atoms with Crippen molar-refractivity contribution in [2.75, 3.05) is 39.5 Å². The number of allylic oxidation sites excluding steroid dienone is 1. The maximum Gasteiger partial charge on any atom is 0.0853 e. The predicted molar refractivity (Wildman–Crippen MR) is 80.8 cm³/mol. The molecule has 3 rings (SSSR count). The van der Waals surface area contributed by atoms with Crippen molar-refractivity contribution in [1.82, 2.24) is 4.90 Å². The van der Waals surface area contributed by atoms with E-state index < -0.39 is 0 Å². The van der Waals surface area contributed by atoms with Crippen molar-refractivity contribution < 1.29 is 9.47 Å². The highest BCUT2D eigenvalue weighted by Gasteiger charge is 2.39. The van der Waals surface area contributed by atoms with Crippen molar-refractivity contribution in [3.05, 3.63) is 11.6 Å². The molecule has 0 aromatic rings. The molecule has 3 heteroatoms. The minimum absolute atomic E-state index is 0.0893. The highest BCUT2D eigenvalue weighted by molar-refractivity contribution is 5.09. The summed E-state index contributed by atoms with van der Waals surface area (Å²) in [6.45, 7) is 10.8. The largest absolute Gasteiger partial charge is 0.381 e. The zero-order valence-electron chi connectivity index (χ0n) is 13.1. The minimum Gasteiger partial charge on any atom is -0.381 e. The summed E-state index contributed by atoms with van der Waals surface area (Å²) in [6, 6.07) is 0. The second kappa shape index (κ2) is 6.17. The second-order valence-corrected chi connectivity index (χ2v) is 6.99. The van der Waals surface area contributed by atoms with E-state index in [0.29, 0.717) is 0 Å². The van der Waals surface area contributed by atoms with Crippen molar-refractivity contribution >= 4 is 0 Å². The lowest BCUT2D eigenvalue weighted by atomic mass is 9.79. The summed E-state index contributed by atoms with van der Waals surface area (Å²) in [7, 11) is 0. The fourth-order valence-electron chi connectivity index (χ4n) is 4.10. The molecule has 0 N–H and O–H groups in total. The third-order valence-corrected chi connectivity index (χ3v) is 5.55. The van der Waals surface area contributed by atoms with Gasteiger partial charge in [0.2, 0.25) is 0 Å². The van der Waals surface area contributed by atoms with Gasteiger partial charge in [-0.3, -0.25) is 4.90 Å². The van der Waals surface area contributed by atoms with Crippen LogP contribution < -0.4 is 0 Å². The summed E-state index contributed by atoms with van der Waals surface area (Å²) in [5.74, 6) is 1.58. The van der Waals surface area contributed by atoms with Crippen LogP contribution in [-0.4, -0.2) is 50.0 Å². The number of hydrogen-bond donors (Lipinski definition) is 0. The number of morpholine rings is 1. The van der Waals surface area contributed by atoms with Crippen molar-refractivity contribution in [3.8, 4) is 0 Å². The molecule has 0 amide bonds. The molecule has 3 aliphatic rings. The molecule has 114 valence electrons. The third kappa shape index (κ3) is 3.10. The maximum absolute atomic E-state index is 6.14. The van der Waals surface area contributed by atoms with E-state index in [4.69, 9.17) is 9.47 Å². The number of nitrogens with zero attached hydrogens (tertiary/aromatic N) is 1. The van der Waals surface area contributed by atoms with E-state index in [9.17, 15) is 0 Å². The van der Waals surface area contributed by atoms with Crippen molar-refractivity contribution in [2.24, 2.45) is 11.8 Å². The summed E-state index contributed by atoms with van der Waals surface area (Å²) < 4.78 is 11.7. The number of rotatable bonds is 2. The summed E-state index contributed by atoms with van der Waals surface area (Å²) in [5, 5.41) is 0. The van der Waals surface area contributed by atoms with Gasteiger partial charge < -0.3 is 9.47 Å². The van der Waals surface area contributed by atoms with Gasteiger partial charge in [-0.05, 0) is 31.6 Å². The Morgan fingerprint density at radius 2 is 2.10 bits per heavy atom. The molecule has 0 unspecified atom stereocenters. The van der Waals surface area contributed by atoms with E-state index in [2.05, 4.69) is 24.8 Å². The Hall–Kier alpha value is -0.380. The molecule has 0 aromatic heterocycles. The Labute approximate surface area is 123 Å². The van der Waals surface area contributed by atoms with Crippen molar-refractivity contribution in [1.29, 1.82) is 0 Å². The molecule has 0 aromatic carbocycles. The third-order valence-electron chi connectivity index (χ3n) is 5.55. The molecule has 0 saturated carbocycles. The molecule has 0 radical (unpaired) electrons. The van der Waals surface area contributed by atoms with Gasteiger partial charge in [0.15, 0.2) is 0 Å². The lowest BCUT2D eigenvalue weighted by Gasteiger charge is -2.46. The normalized spacial score (nSPS) is 35.0. The van der Waals surface area contributed by atoms with Crippen molar-refractivity contribution in [2.45, 2.75) is 45.1 Å². The predicted octanol–water partition coefficient (Wildman–Crippen LogP) is 2.86. The van der Waals surface area contributed by atoms with E-state index >= 15 is 0 Å². The van der Waals surface area contributed by atoms with Crippen LogP contribution in [0.15, 0.2) is 11.6 Å². The fourth-order valence-corrected chi connectivity index (χ4v) is 4.10. The van der Waals surface area contributed by atoms with E-state index in [1.54, 1.807) is 5.57 Å². The number of hydrogen-bond acceptors (Lipinski definition) is 3. The van der Waals surface area contributed by atoms with Crippen LogP contribution in [0.5, 0.6) is 0 Å². The van der Waals surface area contributed by atoms with E-state index in [1.807, 2.05) is 0 Å². The van der Waals surface area contributed by atoms with Crippen LogP contribution in [0.2, 0.25) is 0 Å². The SMILES string of the molecule is CC1=CCC[C@@H](C)[C@@H]1CN1CCOC2(CCOCC2)C1. The molecule has 1 aliphatic carbocycles. The highest BCUT2D eigenvalue weighted by Crippen LogP contribution is 2.33. The smallest absolute Gasteiger partial charge is 0.0853 e. The van der Waals surface area contributed by atoms with Gasteiger partial charge in [0.05, 0.1) is 12.2 Å². The Bertz CT molecular complexity index is 354. The molecule has 1 spiro atoms. The zero-order chi connectivity index (χ0) is 14.0. The van der Waals surface area contributed by atoms with Gasteiger partial charge >= 0.3 is 0 Å². The van der Waals surface area contributed by atoms with Crippen LogP contribution in [0.25, 0.3) is 0 Å². The molecule has 2 fully saturated rings. The summed E-state index contributed by atoms with van der Waals surface area (Å²) in [4.78, 5) is 2.65. The van der Waals surface area contributed by atoms with Crippen LogP contribution in [0.3, 0.4) is 0 Å². The minimum atomic E-state index is 0.0893. The topological polar surface area (TPSA) is 21.7 Å². The molecule has 20 heavy (non-hydrogen) atoms. The first-order chi connectivity index (χ1) is 9.69. The van der Waals surface area contributed by atoms with Gasteiger partial charge in [0.25, 0.3) is 0 Å². The van der Waals surface area contributed by atoms with Crippen LogP contribution in [0.4, 0.5) is 0 Å². The maximum atomic E-state index is 6.14. The first kappa shape index (κ1) is 14.6. The molecule has 2 heterocycles. The van der Waals surface area contributed by atoms with Crippen LogP contribution >= 0.6 is 0 Å². The second-order valence-electron chi connectivity index (χ2n) is 6.99. The zero-order valence-corrected chi connectivity index (χ0v) is 13.1. The molecule has 2 saturated heterocycles. The number of ether oxygens (including phenoxy) is 2. The van der Waals surface area contributed by atoms with Gasteiger partial charge in [-0.1, -0.05) is 18.6 Å². The van der Waals surface area contributed by atoms with Gasteiger partial charge in [-0.25, -0.2) is 0 Å². The Kier molecular flexibility index (Phi) is 4.49. The van der Waals surface area contributed by atoms with Gasteiger partial charge in [-0.2, -0.15) is 0 Å². The fraction of sp³-hybridized carbons (Fsp3) is 0.882. The Morgan fingerprint density at radius 1 is 1.30 bits per heavy atom. The van der Waals surface area contributed by atoms with Crippen LogP contribution in [0.1, 0.15) is 39.5 Å². The van der Waals surface area contributed by atoms with Gasteiger partial charge in [0.1, 0.15) is 0 Å². The highest BCUT2D eigenvalue weighted by atomic mass is 16.5. The first-order valence-electron chi connectivity index (χ1n) is 8.29. The summed E-state index contributed by atoms with van der Waals surface area (Å²) in [6.07, 6.45) is 7.21. The Morgan fingerprint density at radius 3 is 2.85 bits per heavy atom. The van der Waals surface area contributed by atoms with E-state index in [-0.39, 0.29) is 5.60 Å². The quantitative estimate of drug-likeness (QED) is 0.726. The molecule has 2 atom stereocenters. The molecule has 2 aliphatic heterocycles. The van der Waals surface area contributed by atoms with Gasteiger partial charge in [0, 0.05) is 45.7 Å². The molecule has 3 nitrogen and oxygen atoms in total. The van der Waals surface area contributed by atoms with Crippen LogP contribution in [0, 0.1) is 11.8 Å². The van der Waals surface area contributed by atoms with E-state index in [1.165, 1.54) is 19.4 Å². The summed E-state index contributed by atoms with van der Waals surface area (Å²) >= 11 is 0. The van der Waals surface area contributed by atoms with Crippen LogP contribution in [-0.2, 0) is 9.47 Å². The summed E-state index contributed by atoms with van der Waals surface area (Å²) in [5.41, 5.74) is 1.70. The average Bonchev–Trinajstić information content (AvgIpc) is 2.44. The molecular weight excluding hydrogens is 250 g/mol. The molecular formula is C17H29NO2. The Balaban J connectivity index is 1.62. The molecule has 0 bridgehead atoms. The lowest BCUT2D eigenvalue weighted by molar-refractivity contribution is -0.155. The average molecular weight is 279 g/mol. The monoisotopic (exact) mass is 279 g/mol. The van der Waals surface area contributed by atoms with E-state index in [0.717, 1.165) is 57.6 Å². The standard InChI is InChI=1S/C17H29NO2/c1-14-4-3-5-15(2)16(14)12-18-8-11-20-17(13-18)6-9-19-10-7-17/h4,15-16H,3,5-13H2,1-2H3/t15-,16-/m1/s1.